The van der Waals surface area contributed by atoms with Crippen LogP contribution in [-0.2, 0) is 6.42 Å². The second kappa shape index (κ2) is 6.10. The van der Waals surface area contributed by atoms with Gasteiger partial charge in [0.25, 0.3) is 0 Å². The molecule has 0 amide bonds. The van der Waals surface area contributed by atoms with Gasteiger partial charge in [0.2, 0.25) is 0 Å². The van der Waals surface area contributed by atoms with Crippen LogP contribution in [0.3, 0.4) is 0 Å². The van der Waals surface area contributed by atoms with Gasteiger partial charge in [0, 0.05) is 11.4 Å². The first kappa shape index (κ1) is 14.6. The molecule has 2 aromatic rings. The van der Waals surface area contributed by atoms with Gasteiger partial charge in [-0.05, 0) is 35.4 Å². The minimum Gasteiger partial charge on any atom is -0.388 e. The minimum atomic E-state index is -0.828. The summed E-state index contributed by atoms with van der Waals surface area (Å²) in [6.07, 6.45) is -0.507. The zero-order valence-corrected chi connectivity index (χ0v) is 12.0. The molecule has 0 aliphatic heterocycles. The van der Waals surface area contributed by atoms with E-state index in [0.29, 0.717) is 22.0 Å². The fourth-order valence-corrected chi connectivity index (χ4v) is 2.39. The molecule has 0 aliphatic rings. The second-order valence-corrected chi connectivity index (χ2v) is 5.36. The molecule has 0 saturated heterocycles. The molecule has 1 unspecified atom stereocenters. The SMILES string of the molecule is OC(Cc1ccc(Cl)c(Cl)c1)c1ccc(F)cc1Cl. The Kier molecular flexibility index (Phi) is 4.69. The lowest BCUT2D eigenvalue weighted by atomic mass is 10.0. The Bertz CT molecular complexity index is 601. The summed E-state index contributed by atoms with van der Waals surface area (Å²) in [6, 6.07) is 9.03. The number of halogens is 4. The fourth-order valence-electron chi connectivity index (χ4n) is 1.77. The Balaban J connectivity index is 2.20. The van der Waals surface area contributed by atoms with Gasteiger partial charge in [0.1, 0.15) is 5.82 Å². The summed E-state index contributed by atoms with van der Waals surface area (Å²) in [5.74, 6) is -0.435. The second-order valence-electron chi connectivity index (χ2n) is 4.13. The van der Waals surface area contributed by atoms with Crippen molar-refractivity contribution < 1.29 is 9.50 Å². The molecule has 1 atom stereocenters. The van der Waals surface area contributed by atoms with E-state index in [9.17, 15) is 9.50 Å². The summed E-state index contributed by atoms with van der Waals surface area (Å²) < 4.78 is 12.9. The first-order valence-corrected chi connectivity index (χ1v) is 6.67. The van der Waals surface area contributed by atoms with Crippen molar-refractivity contribution in [2.24, 2.45) is 0 Å². The lowest BCUT2D eigenvalue weighted by Gasteiger charge is -2.13. The fraction of sp³-hybridized carbons (Fsp3) is 0.143. The lowest BCUT2D eigenvalue weighted by Crippen LogP contribution is -2.03. The molecule has 0 spiro atoms. The molecular weight excluding hydrogens is 310 g/mol. The summed E-state index contributed by atoms with van der Waals surface area (Å²) in [7, 11) is 0. The third-order valence-corrected chi connectivity index (χ3v) is 3.80. The number of hydrogen-bond donors (Lipinski definition) is 1. The van der Waals surface area contributed by atoms with Gasteiger partial charge in [-0.25, -0.2) is 4.39 Å². The molecule has 0 aromatic heterocycles. The molecule has 100 valence electrons. The summed E-state index contributed by atoms with van der Waals surface area (Å²) in [5, 5.41) is 11.2. The van der Waals surface area contributed by atoms with Gasteiger partial charge in [0.15, 0.2) is 0 Å². The number of benzene rings is 2. The highest BCUT2D eigenvalue weighted by atomic mass is 35.5. The van der Waals surface area contributed by atoms with Crippen molar-refractivity contribution in [1.82, 2.24) is 0 Å². The van der Waals surface area contributed by atoms with Crippen LogP contribution in [-0.4, -0.2) is 5.11 Å². The van der Waals surface area contributed by atoms with Gasteiger partial charge in [-0.1, -0.05) is 46.9 Å². The van der Waals surface area contributed by atoms with E-state index in [-0.39, 0.29) is 5.02 Å². The number of aliphatic hydroxyl groups is 1. The van der Waals surface area contributed by atoms with Crippen molar-refractivity contribution in [2.75, 3.05) is 0 Å². The molecule has 0 heterocycles. The highest BCUT2D eigenvalue weighted by Gasteiger charge is 2.13. The molecule has 0 fully saturated rings. The number of rotatable bonds is 3. The summed E-state index contributed by atoms with van der Waals surface area (Å²) >= 11 is 17.6. The molecule has 0 radical (unpaired) electrons. The van der Waals surface area contributed by atoms with E-state index in [1.54, 1.807) is 18.2 Å². The van der Waals surface area contributed by atoms with E-state index in [0.717, 1.165) is 5.56 Å². The Hall–Kier alpha value is -0.800. The van der Waals surface area contributed by atoms with Crippen molar-refractivity contribution >= 4 is 34.8 Å². The van der Waals surface area contributed by atoms with Gasteiger partial charge in [0.05, 0.1) is 16.1 Å². The van der Waals surface area contributed by atoms with E-state index in [1.807, 2.05) is 0 Å². The Morgan fingerprint density at radius 3 is 2.32 bits per heavy atom. The summed E-state index contributed by atoms with van der Waals surface area (Å²) in [5.41, 5.74) is 1.30. The molecule has 5 heteroatoms. The van der Waals surface area contributed by atoms with Crippen LogP contribution in [0.2, 0.25) is 15.1 Å². The van der Waals surface area contributed by atoms with Gasteiger partial charge in [-0.15, -0.1) is 0 Å². The van der Waals surface area contributed by atoms with Gasteiger partial charge < -0.3 is 5.11 Å². The lowest BCUT2D eigenvalue weighted by molar-refractivity contribution is 0.178. The quantitative estimate of drug-likeness (QED) is 0.838. The Morgan fingerprint density at radius 1 is 0.947 bits per heavy atom. The van der Waals surface area contributed by atoms with Gasteiger partial charge >= 0.3 is 0 Å². The zero-order valence-electron chi connectivity index (χ0n) is 9.71. The Morgan fingerprint density at radius 2 is 1.68 bits per heavy atom. The van der Waals surface area contributed by atoms with Gasteiger partial charge in [-0.3, -0.25) is 0 Å². The molecule has 1 nitrogen and oxygen atoms in total. The minimum absolute atomic E-state index is 0.201. The third-order valence-electron chi connectivity index (χ3n) is 2.73. The maximum absolute atomic E-state index is 12.9. The number of hydrogen-bond acceptors (Lipinski definition) is 1. The van der Waals surface area contributed by atoms with Crippen LogP contribution < -0.4 is 0 Å². The predicted octanol–water partition coefficient (Wildman–Crippen LogP) is 5.06. The summed E-state index contributed by atoms with van der Waals surface area (Å²) in [6.45, 7) is 0. The van der Waals surface area contributed by atoms with E-state index < -0.39 is 11.9 Å². The van der Waals surface area contributed by atoms with Crippen LogP contribution in [0.1, 0.15) is 17.2 Å². The zero-order chi connectivity index (χ0) is 14.0. The molecule has 0 bridgehead atoms. The topological polar surface area (TPSA) is 20.2 Å². The maximum atomic E-state index is 12.9. The van der Waals surface area contributed by atoms with Crippen LogP contribution in [0.15, 0.2) is 36.4 Å². The highest BCUT2D eigenvalue weighted by Crippen LogP contribution is 2.29. The van der Waals surface area contributed by atoms with Crippen LogP contribution in [0.25, 0.3) is 0 Å². The normalized spacial score (nSPS) is 12.5. The van der Waals surface area contributed by atoms with E-state index in [1.165, 1.54) is 18.2 Å². The number of aliphatic hydroxyl groups excluding tert-OH is 1. The van der Waals surface area contributed by atoms with E-state index in [2.05, 4.69) is 0 Å². The summed E-state index contributed by atoms with van der Waals surface area (Å²) in [4.78, 5) is 0. The molecule has 1 N–H and O–H groups in total. The van der Waals surface area contributed by atoms with E-state index in [4.69, 9.17) is 34.8 Å². The molecular formula is C14H10Cl3FO. The first-order chi connectivity index (χ1) is 8.97. The first-order valence-electron chi connectivity index (χ1n) is 5.54. The van der Waals surface area contributed by atoms with Crippen LogP contribution >= 0.6 is 34.8 Å². The van der Waals surface area contributed by atoms with Crippen molar-refractivity contribution in [3.63, 3.8) is 0 Å². The standard InChI is InChI=1S/C14H10Cl3FO/c15-11-4-1-8(5-13(11)17)6-14(19)10-3-2-9(18)7-12(10)16/h1-5,7,14,19H,6H2. The van der Waals surface area contributed by atoms with Crippen LogP contribution in [0.4, 0.5) is 4.39 Å². The van der Waals surface area contributed by atoms with Crippen LogP contribution in [0, 0.1) is 5.82 Å². The van der Waals surface area contributed by atoms with Crippen molar-refractivity contribution in [3.8, 4) is 0 Å². The van der Waals surface area contributed by atoms with Crippen molar-refractivity contribution in [3.05, 3.63) is 68.4 Å². The molecule has 0 saturated carbocycles. The molecule has 2 rings (SSSR count). The van der Waals surface area contributed by atoms with Crippen molar-refractivity contribution in [1.29, 1.82) is 0 Å². The molecule has 19 heavy (non-hydrogen) atoms. The molecule has 2 aromatic carbocycles. The van der Waals surface area contributed by atoms with Gasteiger partial charge in [-0.2, -0.15) is 0 Å². The predicted molar refractivity (Wildman–Crippen MR) is 76.5 cm³/mol. The molecule has 0 aliphatic carbocycles. The highest BCUT2D eigenvalue weighted by molar-refractivity contribution is 6.42. The average molecular weight is 320 g/mol. The largest absolute Gasteiger partial charge is 0.388 e. The van der Waals surface area contributed by atoms with Crippen LogP contribution in [0.5, 0.6) is 0 Å². The monoisotopic (exact) mass is 318 g/mol. The van der Waals surface area contributed by atoms with E-state index >= 15 is 0 Å². The van der Waals surface area contributed by atoms with Crippen molar-refractivity contribution in [2.45, 2.75) is 12.5 Å². The maximum Gasteiger partial charge on any atom is 0.124 e. The third kappa shape index (κ3) is 3.61. The smallest absolute Gasteiger partial charge is 0.124 e. The Labute approximate surface area is 125 Å². The average Bonchev–Trinajstić information content (AvgIpc) is 2.33.